The SMILES string of the molecule is CSNc1cccc(NC(CO)(CC(F)F)c2ccc(C(F)(F)F)cc2)c1C=N. The first-order chi connectivity index (χ1) is 13.7. The van der Waals surface area contributed by atoms with Crippen molar-refractivity contribution in [3.63, 3.8) is 0 Å². The quantitative estimate of drug-likeness (QED) is 0.245. The van der Waals surface area contributed by atoms with Gasteiger partial charge in [0.1, 0.15) is 0 Å². The molecule has 2 rings (SSSR count). The lowest BCUT2D eigenvalue weighted by atomic mass is 9.86. The molecule has 0 aromatic heterocycles. The van der Waals surface area contributed by atoms with E-state index in [0.29, 0.717) is 11.3 Å². The minimum absolute atomic E-state index is 0.0764. The van der Waals surface area contributed by atoms with Crippen LogP contribution in [0.15, 0.2) is 42.5 Å². The Morgan fingerprint density at radius 2 is 1.66 bits per heavy atom. The zero-order valence-electron chi connectivity index (χ0n) is 15.4. The molecule has 0 bridgehead atoms. The van der Waals surface area contributed by atoms with E-state index in [0.717, 1.165) is 30.5 Å². The molecule has 1 unspecified atom stereocenters. The van der Waals surface area contributed by atoms with Gasteiger partial charge in [-0.15, -0.1) is 0 Å². The maximum Gasteiger partial charge on any atom is 0.416 e. The van der Waals surface area contributed by atoms with Crippen LogP contribution in [-0.2, 0) is 11.7 Å². The highest BCUT2D eigenvalue weighted by atomic mass is 32.2. The first kappa shape index (κ1) is 23.0. The van der Waals surface area contributed by atoms with Gasteiger partial charge in [-0.2, -0.15) is 13.2 Å². The second-order valence-corrected chi connectivity index (χ2v) is 6.87. The Morgan fingerprint density at radius 3 is 2.14 bits per heavy atom. The second kappa shape index (κ2) is 9.45. The molecule has 10 heteroatoms. The maximum atomic E-state index is 13.4. The van der Waals surface area contributed by atoms with E-state index < -0.39 is 36.7 Å². The summed E-state index contributed by atoms with van der Waals surface area (Å²) >= 11 is 1.27. The summed E-state index contributed by atoms with van der Waals surface area (Å²) in [6.45, 7) is -0.791. The summed E-state index contributed by atoms with van der Waals surface area (Å²) in [4.78, 5) is 0. The lowest BCUT2D eigenvalue weighted by molar-refractivity contribution is -0.137. The van der Waals surface area contributed by atoms with Crippen molar-refractivity contribution in [2.75, 3.05) is 22.9 Å². The highest BCUT2D eigenvalue weighted by Crippen LogP contribution is 2.37. The molecule has 0 aliphatic heterocycles. The summed E-state index contributed by atoms with van der Waals surface area (Å²) in [5, 5.41) is 20.5. The van der Waals surface area contributed by atoms with Gasteiger partial charge in [0.15, 0.2) is 0 Å². The van der Waals surface area contributed by atoms with E-state index in [1.165, 1.54) is 11.9 Å². The fourth-order valence-electron chi connectivity index (χ4n) is 2.96. The lowest BCUT2D eigenvalue weighted by Gasteiger charge is -2.35. The van der Waals surface area contributed by atoms with Gasteiger partial charge in [-0.05, 0) is 29.8 Å². The summed E-state index contributed by atoms with van der Waals surface area (Å²) in [5.74, 6) is 0. The Labute approximate surface area is 169 Å². The Morgan fingerprint density at radius 1 is 1.07 bits per heavy atom. The number of nitrogens with one attached hydrogen (secondary N) is 3. The van der Waals surface area contributed by atoms with Gasteiger partial charge >= 0.3 is 6.18 Å². The van der Waals surface area contributed by atoms with E-state index in [9.17, 15) is 27.1 Å². The Bertz CT molecular complexity index is 830. The number of hydrogen-bond acceptors (Lipinski definition) is 5. The molecule has 0 saturated heterocycles. The standard InChI is InChI=1S/C19H20F5N3OS/c1-29-27-16-4-2-3-15(14(16)10-25)26-18(11-28,9-17(20)21)12-5-7-13(8-6-12)19(22,23)24/h2-8,10,17,25-28H,9,11H2,1H3. The van der Waals surface area contributed by atoms with Gasteiger partial charge in [0.25, 0.3) is 0 Å². The topological polar surface area (TPSA) is 68.1 Å². The van der Waals surface area contributed by atoms with Crippen LogP contribution < -0.4 is 10.0 Å². The molecular weight excluding hydrogens is 413 g/mol. The molecule has 2 aromatic carbocycles. The number of halogens is 5. The summed E-state index contributed by atoms with van der Waals surface area (Å²) in [6.07, 6.45) is -5.45. The predicted octanol–water partition coefficient (Wildman–Crippen LogP) is 5.35. The first-order valence-corrected chi connectivity index (χ1v) is 9.66. The molecule has 0 spiro atoms. The van der Waals surface area contributed by atoms with Crippen LogP contribution in [-0.4, -0.2) is 30.6 Å². The molecule has 0 aliphatic carbocycles. The minimum atomic E-state index is -4.57. The summed E-state index contributed by atoms with van der Waals surface area (Å²) in [6, 6.07) is 8.59. The van der Waals surface area contributed by atoms with Crippen molar-refractivity contribution in [2.45, 2.75) is 24.6 Å². The molecule has 0 radical (unpaired) electrons. The van der Waals surface area contributed by atoms with Gasteiger partial charge < -0.3 is 20.6 Å². The van der Waals surface area contributed by atoms with Crippen molar-refractivity contribution in [2.24, 2.45) is 0 Å². The molecule has 0 aliphatic rings. The number of aliphatic hydroxyl groups excluding tert-OH is 1. The Kier molecular flexibility index (Phi) is 7.48. The second-order valence-electron chi connectivity index (χ2n) is 6.25. The van der Waals surface area contributed by atoms with Gasteiger partial charge in [-0.3, -0.25) is 0 Å². The third-order valence-electron chi connectivity index (χ3n) is 4.37. The van der Waals surface area contributed by atoms with Crippen LogP contribution in [0.2, 0.25) is 0 Å². The molecule has 2 aromatic rings. The average molecular weight is 433 g/mol. The van der Waals surface area contributed by atoms with E-state index in [4.69, 9.17) is 5.41 Å². The van der Waals surface area contributed by atoms with Gasteiger partial charge in [-0.1, -0.05) is 30.1 Å². The predicted molar refractivity (Wildman–Crippen MR) is 106 cm³/mol. The molecule has 1 atom stereocenters. The fourth-order valence-corrected chi connectivity index (χ4v) is 3.36. The number of hydrogen-bond donors (Lipinski definition) is 4. The van der Waals surface area contributed by atoms with Gasteiger partial charge in [0, 0.05) is 30.1 Å². The maximum absolute atomic E-state index is 13.4. The highest BCUT2D eigenvalue weighted by Gasteiger charge is 2.37. The molecule has 0 saturated carbocycles. The summed E-state index contributed by atoms with van der Waals surface area (Å²) in [7, 11) is 0. The largest absolute Gasteiger partial charge is 0.416 e. The monoisotopic (exact) mass is 433 g/mol. The molecule has 4 nitrogen and oxygen atoms in total. The van der Waals surface area contributed by atoms with Crippen LogP contribution in [0.3, 0.4) is 0 Å². The van der Waals surface area contributed by atoms with Crippen LogP contribution in [0, 0.1) is 5.41 Å². The molecule has 158 valence electrons. The van der Waals surface area contributed by atoms with Gasteiger partial charge in [0.05, 0.1) is 23.4 Å². The summed E-state index contributed by atoms with van der Waals surface area (Å²) in [5.41, 5.74) is -1.39. The smallest absolute Gasteiger partial charge is 0.394 e. The van der Waals surface area contributed by atoms with E-state index >= 15 is 0 Å². The van der Waals surface area contributed by atoms with Crippen molar-refractivity contribution < 1.29 is 27.1 Å². The minimum Gasteiger partial charge on any atom is -0.394 e. The number of aliphatic hydroxyl groups is 1. The van der Waals surface area contributed by atoms with Crippen molar-refractivity contribution in [1.29, 1.82) is 5.41 Å². The molecule has 29 heavy (non-hydrogen) atoms. The van der Waals surface area contributed by atoms with E-state index in [-0.39, 0.29) is 11.3 Å². The molecule has 0 heterocycles. The Balaban J connectivity index is 2.54. The van der Waals surface area contributed by atoms with Crippen molar-refractivity contribution in [1.82, 2.24) is 0 Å². The van der Waals surface area contributed by atoms with Crippen LogP contribution >= 0.6 is 11.9 Å². The van der Waals surface area contributed by atoms with Crippen molar-refractivity contribution in [3.05, 3.63) is 59.2 Å². The zero-order chi connectivity index (χ0) is 21.7. The van der Waals surface area contributed by atoms with Crippen molar-refractivity contribution in [3.8, 4) is 0 Å². The van der Waals surface area contributed by atoms with Gasteiger partial charge in [-0.25, -0.2) is 8.78 Å². The average Bonchev–Trinajstić information content (AvgIpc) is 2.67. The van der Waals surface area contributed by atoms with Crippen LogP contribution in [0.25, 0.3) is 0 Å². The highest BCUT2D eigenvalue weighted by molar-refractivity contribution is 7.99. The number of rotatable bonds is 9. The lowest BCUT2D eigenvalue weighted by Crippen LogP contribution is -2.41. The molecule has 0 fully saturated rings. The van der Waals surface area contributed by atoms with Crippen LogP contribution in [0.5, 0.6) is 0 Å². The number of anilines is 2. The summed E-state index contributed by atoms with van der Waals surface area (Å²) < 4.78 is 68.3. The number of benzene rings is 2. The van der Waals surface area contributed by atoms with Crippen LogP contribution in [0.1, 0.15) is 23.1 Å². The zero-order valence-corrected chi connectivity index (χ0v) is 16.2. The molecular formula is C19H20F5N3OS. The third-order valence-corrected chi connectivity index (χ3v) is 4.80. The van der Waals surface area contributed by atoms with Gasteiger partial charge in [0.2, 0.25) is 6.43 Å². The fraction of sp³-hybridized carbons (Fsp3) is 0.316. The number of alkyl halides is 5. The third kappa shape index (κ3) is 5.39. The van der Waals surface area contributed by atoms with E-state index in [1.54, 1.807) is 24.5 Å². The van der Waals surface area contributed by atoms with Crippen molar-refractivity contribution >= 4 is 29.5 Å². The Hall–Kier alpha value is -2.33. The van der Waals surface area contributed by atoms with E-state index in [2.05, 4.69) is 10.0 Å². The van der Waals surface area contributed by atoms with Crippen LogP contribution in [0.4, 0.5) is 33.3 Å². The molecule has 4 N–H and O–H groups in total. The first-order valence-electron chi connectivity index (χ1n) is 8.44. The normalized spacial score (nSPS) is 13.8. The van der Waals surface area contributed by atoms with E-state index in [1.807, 2.05) is 0 Å². The molecule has 0 amide bonds.